The molecule has 0 fully saturated rings. The number of anilines is 1. The van der Waals surface area contributed by atoms with Gasteiger partial charge in [-0.1, -0.05) is 0 Å². The number of rotatable bonds is 6. The second-order valence-corrected chi connectivity index (χ2v) is 7.44. The summed E-state index contributed by atoms with van der Waals surface area (Å²) in [5.41, 5.74) is -0.995. The zero-order chi connectivity index (χ0) is 21.9. The summed E-state index contributed by atoms with van der Waals surface area (Å²) in [6, 6.07) is 6.36. The zero-order valence-corrected chi connectivity index (χ0v) is 16.0. The Bertz CT molecular complexity index is 1150. The SMILES string of the molecule is COc1ccc(F)cc1Oc1cncnc1NS(=O)(=O)c1ccc(C(F)(F)F)cc1. The van der Waals surface area contributed by atoms with Gasteiger partial charge < -0.3 is 9.47 Å². The molecular weight excluding hydrogens is 430 g/mol. The van der Waals surface area contributed by atoms with E-state index < -0.39 is 32.5 Å². The van der Waals surface area contributed by atoms with Gasteiger partial charge in [0.15, 0.2) is 23.1 Å². The van der Waals surface area contributed by atoms with E-state index in [0.717, 1.165) is 36.8 Å². The largest absolute Gasteiger partial charge is 0.493 e. The first-order valence-electron chi connectivity index (χ1n) is 8.11. The van der Waals surface area contributed by atoms with Crippen LogP contribution >= 0.6 is 0 Å². The van der Waals surface area contributed by atoms with E-state index in [1.807, 2.05) is 0 Å². The highest BCUT2D eigenvalue weighted by Crippen LogP contribution is 2.35. The Hall–Kier alpha value is -3.41. The van der Waals surface area contributed by atoms with Crippen LogP contribution < -0.4 is 14.2 Å². The number of aromatic nitrogens is 2. The highest BCUT2D eigenvalue weighted by Gasteiger charge is 2.30. The number of alkyl halides is 3. The minimum Gasteiger partial charge on any atom is -0.493 e. The molecule has 30 heavy (non-hydrogen) atoms. The number of nitrogens with zero attached hydrogens (tertiary/aromatic N) is 2. The third-order valence-corrected chi connectivity index (χ3v) is 5.10. The Morgan fingerprint density at radius 2 is 1.70 bits per heavy atom. The van der Waals surface area contributed by atoms with Crippen LogP contribution in [0.4, 0.5) is 23.4 Å². The van der Waals surface area contributed by atoms with Crippen LogP contribution in [0.5, 0.6) is 17.2 Å². The maximum Gasteiger partial charge on any atom is 0.416 e. The lowest BCUT2D eigenvalue weighted by molar-refractivity contribution is -0.137. The molecule has 0 aliphatic rings. The summed E-state index contributed by atoms with van der Waals surface area (Å²) in [6.07, 6.45) is -2.45. The maximum atomic E-state index is 13.5. The van der Waals surface area contributed by atoms with Crippen molar-refractivity contribution < 1.29 is 35.5 Å². The summed E-state index contributed by atoms with van der Waals surface area (Å²) in [5.74, 6) is -1.03. The van der Waals surface area contributed by atoms with Crippen molar-refractivity contribution in [2.75, 3.05) is 11.8 Å². The van der Waals surface area contributed by atoms with Crippen LogP contribution in [0, 0.1) is 5.82 Å². The van der Waals surface area contributed by atoms with Gasteiger partial charge in [-0.2, -0.15) is 13.2 Å². The third kappa shape index (κ3) is 4.76. The smallest absolute Gasteiger partial charge is 0.416 e. The Morgan fingerprint density at radius 3 is 2.33 bits per heavy atom. The molecule has 0 aliphatic carbocycles. The molecule has 1 heterocycles. The first kappa shape index (κ1) is 21.3. The quantitative estimate of drug-likeness (QED) is 0.574. The van der Waals surface area contributed by atoms with Crippen LogP contribution in [0.2, 0.25) is 0 Å². The summed E-state index contributed by atoms with van der Waals surface area (Å²) in [7, 11) is -2.98. The van der Waals surface area contributed by atoms with Gasteiger partial charge in [-0.25, -0.2) is 22.8 Å². The number of hydrogen-bond donors (Lipinski definition) is 1. The molecule has 3 rings (SSSR count). The molecule has 0 aliphatic heterocycles. The van der Waals surface area contributed by atoms with Crippen molar-refractivity contribution in [2.45, 2.75) is 11.1 Å². The summed E-state index contributed by atoms with van der Waals surface area (Å²) >= 11 is 0. The van der Waals surface area contributed by atoms with E-state index in [4.69, 9.17) is 9.47 Å². The first-order valence-corrected chi connectivity index (χ1v) is 9.60. The molecule has 0 saturated heterocycles. The Morgan fingerprint density at radius 1 is 1.00 bits per heavy atom. The topological polar surface area (TPSA) is 90.4 Å². The van der Waals surface area contributed by atoms with Gasteiger partial charge >= 0.3 is 6.18 Å². The van der Waals surface area contributed by atoms with Crippen LogP contribution in [-0.4, -0.2) is 25.5 Å². The molecule has 12 heteroatoms. The fraction of sp³-hybridized carbons (Fsp3) is 0.111. The second kappa shape index (κ2) is 8.14. The maximum absolute atomic E-state index is 13.5. The van der Waals surface area contributed by atoms with E-state index in [-0.39, 0.29) is 23.1 Å². The molecule has 0 unspecified atom stereocenters. The van der Waals surface area contributed by atoms with Crippen molar-refractivity contribution in [3.63, 3.8) is 0 Å². The lowest BCUT2D eigenvalue weighted by Gasteiger charge is -2.14. The standard InChI is InChI=1S/C18H13F4N3O4S/c1-28-14-7-4-12(19)8-15(14)29-16-9-23-10-24-17(16)25-30(26,27)13-5-2-11(3-6-13)18(20,21)22/h2-10H,1H3,(H,23,24,25). The van der Waals surface area contributed by atoms with Crippen LogP contribution in [-0.2, 0) is 16.2 Å². The number of methoxy groups -OCH3 is 1. The summed E-state index contributed by atoms with van der Waals surface area (Å²) in [5, 5.41) is 0. The second-order valence-electron chi connectivity index (χ2n) is 5.76. The van der Waals surface area contributed by atoms with Gasteiger partial charge in [-0.05, 0) is 36.4 Å². The summed E-state index contributed by atoms with van der Waals surface area (Å²) in [6.45, 7) is 0. The molecule has 1 N–H and O–H groups in total. The fourth-order valence-electron chi connectivity index (χ4n) is 2.33. The molecule has 0 spiro atoms. The van der Waals surface area contributed by atoms with Gasteiger partial charge in [0.05, 0.1) is 23.8 Å². The molecule has 158 valence electrons. The van der Waals surface area contributed by atoms with Crippen molar-refractivity contribution in [1.82, 2.24) is 9.97 Å². The molecule has 0 bridgehead atoms. The zero-order valence-electron chi connectivity index (χ0n) is 15.1. The van der Waals surface area contributed by atoms with Gasteiger partial charge in [0.2, 0.25) is 0 Å². The van der Waals surface area contributed by atoms with Gasteiger partial charge in [0, 0.05) is 6.07 Å². The number of ether oxygens (including phenoxy) is 2. The molecule has 2 aromatic carbocycles. The number of benzene rings is 2. The van der Waals surface area contributed by atoms with E-state index in [9.17, 15) is 26.0 Å². The monoisotopic (exact) mass is 443 g/mol. The van der Waals surface area contributed by atoms with Crippen LogP contribution in [0.15, 0.2) is 59.9 Å². The van der Waals surface area contributed by atoms with Crippen molar-refractivity contribution in [3.05, 3.63) is 66.4 Å². The molecule has 0 radical (unpaired) electrons. The Balaban J connectivity index is 1.90. The average Bonchev–Trinajstić information content (AvgIpc) is 2.69. The van der Waals surface area contributed by atoms with E-state index >= 15 is 0 Å². The van der Waals surface area contributed by atoms with Crippen molar-refractivity contribution >= 4 is 15.8 Å². The summed E-state index contributed by atoms with van der Waals surface area (Å²) < 4.78 is 89.3. The predicted octanol–water partition coefficient (Wildman–Crippen LogP) is 4.24. The van der Waals surface area contributed by atoms with E-state index in [2.05, 4.69) is 14.7 Å². The predicted molar refractivity (Wildman–Crippen MR) is 97.3 cm³/mol. The molecule has 0 amide bonds. The first-order chi connectivity index (χ1) is 14.1. The van der Waals surface area contributed by atoms with E-state index in [1.165, 1.54) is 13.2 Å². The minimum absolute atomic E-state index is 0.0673. The molecular formula is C18H13F4N3O4S. The van der Waals surface area contributed by atoms with E-state index in [1.54, 1.807) is 0 Å². The fourth-order valence-corrected chi connectivity index (χ4v) is 3.35. The lowest BCUT2D eigenvalue weighted by Crippen LogP contribution is -2.15. The molecule has 1 aromatic heterocycles. The average molecular weight is 443 g/mol. The van der Waals surface area contributed by atoms with Crippen LogP contribution in [0.1, 0.15) is 5.56 Å². The Kier molecular flexibility index (Phi) is 5.78. The van der Waals surface area contributed by atoms with E-state index in [0.29, 0.717) is 12.1 Å². The third-order valence-electron chi connectivity index (χ3n) is 3.75. The number of nitrogens with one attached hydrogen (secondary N) is 1. The van der Waals surface area contributed by atoms with Gasteiger partial charge in [-0.3, -0.25) is 4.72 Å². The van der Waals surface area contributed by atoms with Crippen molar-refractivity contribution in [3.8, 4) is 17.2 Å². The lowest BCUT2D eigenvalue weighted by atomic mass is 10.2. The van der Waals surface area contributed by atoms with Gasteiger partial charge in [-0.15, -0.1) is 0 Å². The van der Waals surface area contributed by atoms with Crippen LogP contribution in [0.25, 0.3) is 0 Å². The molecule has 3 aromatic rings. The number of hydrogen-bond acceptors (Lipinski definition) is 6. The highest BCUT2D eigenvalue weighted by atomic mass is 32.2. The van der Waals surface area contributed by atoms with Crippen molar-refractivity contribution in [2.24, 2.45) is 0 Å². The molecule has 7 nitrogen and oxygen atoms in total. The van der Waals surface area contributed by atoms with Gasteiger partial charge in [0.25, 0.3) is 10.0 Å². The highest BCUT2D eigenvalue weighted by molar-refractivity contribution is 7.92. The number of sulfonamides is 1. The molecule has 0 atom stereocenters. The number of halogens is 4. The van der Waals surface area contributed by atoms with Crippen LogP contribution in [0.3, 0.4) is 0 Å². The minimum atomic E-state index is -4.60. The normalized spacial score (nSPS) is 11.8. The Labute approximate surface area is 168 Å². The molecule has 0 saturated carbocycles. The summed E-state index contributed by atoms with van der Waals surface area (Å²) in [4.78, 5) is 7.08. The van der Waals surface area contributed by atoms with Gasteiger partial charge in [0.1, 0.15) is 12.1 Å². The van der Waals surface area contributed by atoms with Crippen molar-refractivity contribution in [1.29, 1.82) is 0 Å².